The molecule has 1 aliphatic rings. The molecular weight excluding hydrogens is 487 g/mol. The zero-order chi connectivity index (χ0) is 25.8. The first kappa shape index (κ1) is 24.6. The van der Waals surface area contributed by atoms with Crippen molar-refractivity contribution < 1.29 is 13.6 Å². The summed E-state index contributed by atoms with van der Waals surface area (Å²) in [6.45, 7) is 2.14. The van der Waals surface area contributed by atoms with E-state index in [0.717, 1.165) is 45.6 Å². The average molecular weight is 517 g/mol. The first-order valence-corrected chi connectivity index (χ1v) is 14.1. The maximum atomic E-state index is 6.93. The molecule has 1 heterocycles. The second kappa shape index (κ2) is 10.9. The minimum Gasteiger partial charge on any atom is -0.425 e. The summed E-state index contributed by atoms with van der Waals surface area (Å²) in [5, 5.41) is 0. The van der Waals surface area contributed by atoms with Gasteiger partial charge in [0.15, 0.2) is 5.60 Å². The van der Waals surface area contributed by atoms with E-state index in [2.05, 4.69) is 97.9 Å². The molecule has 0 amide bonds. The third-order valence-corrected chi connectivity index (χ3v) is 8.21. The lowest BCUT2D eigenvalue weighted by atomic mass is 9.81. The molecule has 0 spiro atoms. The molecule has 188 valence electrons. The number of hydrogen-bond acceptors (Lipinski definition) is 3. The van der Waals surface area contributed by atoms with E-state index in [1.54, 1.807) is 0 Å². The first-order valence-electron chi connectivity index (χ1n) is 13.0. The van der Waals surface area contributed by atoms with Crippen LogP contribution >= 0.6 is 8.60 Å². The third-order valence-electron chi connectivity index (χ3n) is 7.01. The molecule has 0 N–H and O–H groups in total. The summed E-state index contributed by atoms with van der Waals surface area (Å²) in [6, 6.07) is 47.7. The number of hydrogen-bond donors (Lipinski definition) is 0. The molecule has 0 radical (unpaired) electrons. The molecule has 1 aliphatic heterocycles. The Morgan fingerprint density at radius 2 is 1.05 bits per heavy atom. The van der Waals surface area contributed by atoms with E-state index in [1.807, 2.05) is 48.5 Å². The van der Waals surface area contributed by atoms with E-state index in [1.165, 1.54) is 0 Å². The molecule has 0 bridgehead atoms. The highest BCUT2D eigenvalue weighted by Crippen LogP contribution is 2.62. The fraction of sp³-hybridized carbons (Fsp3) is 0.118. The summed E-state index contributed by atoms with van der Waals surface area (Å²) in [4.78, 5) is 0. The average Bonchev–Trinajstić information content (AvgIpc) is 3.38. The van der Waals surface area contributed by atoms with Crippen molar-refractivity contribution in [1.82, 2.24) is 0 Å². The Bertz CT molecular complexity index is 1380. The van der Waals surface area contributed by atoms with Gasteiger partial charge in [-0.1, -0.05) is 146 Å². The zero-order valence-corrected chi connectivity index (χ0v) is 22.1. The second-order valence-electron chi connectivity index (χ2n) is 9.29. The van der Waals surface area contributed by atoms with Crippen molar-refractivity contribution in [2.45, 2.75) is 25.0 Å². The van der Waals surface area contributed by atoms with Crippen LogP contribution in [0.2, 0.25) is 0 Å². The van der Waals surface area contributed by atoms with E-state index in [0.29, 0.717) is 0 Å². The maximum absolute atomic E-state index is 6.93. The Balaban J connectivity index is 1.46. The molecule has 38 heavy (non-hydrogen) atoms. The number of para-hydroxylation sites is 1. The summed E-state index contributed by atoms with van der Waals surface area (Å²) < 4.78 is 20.4. The van der Waals surface area contributed by atoms with Gasteiger partial charge >= 0.3 is 8.60 Å². The fourth-order valence-electron chi connectivity index (χ4n) is 5.19. The van der Waals surface area contributed by atoms with Gasteiger partial charge in [-0.25, -0.2) is 0 Å². The van der Waals surface area contributed by atoms with Crippen molar-refractivity contribution in [2.24, 2.45) is 0 Å². The standard InChI is InChI=1S/C34H29O3P/c1-2-32-34(28-20-11-5-12-21-28,29-22-13-6-14-23-29)37-38(35-32)36-33-30(26-16-7-3-8-17-26)24-15-25-31(33)27-18-9-4-10-19-27/h3-25,32H,2H2,1H3. The number of benzene rings is 5. The summed E-state index contributed by atoms with van der Waals surface area (Å²) in [6.07, 6.45) is 0.570. The fourth-order valence-corrected chi connectivity index (χ4v) is 6.73. The third kappa shape index (κ3) is 4.54. The molecule has 1 saturated heterocycles. The number of rotatable bonds is 7. The van der Waals surface area contributed by atoms with Gasteiger partial charge in [0.05, 0.1) is 0 Å². The predicted octanol–water partition coefficient (Wildman–Crippen LogP) is 9.40. The first-order chi connectivity index (χ1) is 18.8. The van der Waals surface area contributed by atoms with Gasteiger partial charge in [-0.3, -0.25) is 9.05 Å². The molecule has 5 aromatic carbocycles. The van der Waals surface area contributed by atoms with Gasteiger partial charge in [0, 0.05) is 11.1 Å². The molecule has 4 heteroatoms. The van der Waals surface area contributed by atoms with E-state index >= 15 is 0 Å². The topological polar surface area (TPSA) is 27.7 Å². The van der Waals surface area contributed by atoms with Gasteiger partial charge in [0.2, 0.25) is 0 Å². The van der Waals surface area contributed by atoms with Crippen LogP contribution in [-0.2, 0) is 14.6 Å². The predicted molar refractivity (Wildman–Crippen MR) is 155 cm³/mol. The van der Waals surface area contributed by atoms with Gasteiger partial charge in [0.25, 0.3) is 0 Å². The van der Waals surface area contributed by atoms with E-state index in [9.17, 15) is 0 Å². The van der Waals surface area contributed by atoms with Crippen LogP contribution in [0.15, 0.2) is 140 Å². The summed E-state index contributed by atoms with van der Waals surface area (Å²) in [5.74, 6) is 0.766. The van der Waals surface area contributed by atoms with Crippen LogP contribution in [0.1, 0.15) is 24.5 Å². The highest BCUT2D eigenvalue weighted by molar-refractivity contribution is 7.42. The molecule has 0 aromatic heterocycles. The Hall–Kier alpha value is -3.75. The lowest BCUT2D eigenvalue weighted by Gasteiger charge is -2.32. The van der Waals surface area contributed by atoms with Crippen LogP contribution in [0.3, 0.4) is 0 Å². The molecule has 6 rings (SSSR count). The molecule has 2 unspecified atom stereocenters. The Morgan fingerprint density at radius 3 is 1.50 bits per heavy atom. The van der Waals surface area contributed by atoms with Gasteiger partial charge in [-0.15, -0.1) is 0 Å². The van der Waals surface area contributed by atoms with Crippen LogP contribution in [0.5, 0.6) is 5.75 Å². The molecular formula is C34H29O3P. The lowest BCUT2D eigenvalue weighted by Crippen LogP contribution is -2.37. The molecule has 0 saturated carbocycles. The Kier molecular flexibility index (Phi) is 7.07. The quantitative estimate of drug-likeness (QED) is 0.202. The minimum absolute atomic E-state index is 0.206. The lowest BCUT2D eigenvalue weighted by molar-refractivity contribution is 0.0709. The van der Waals surface area contributed by atoms with Gasteiger partial charge in [-0.05, 0) is 28.7 Å². The highest BCUT2D eigenvalue weighted by Gasteiger charge is 2.54. The van der Waals surface area contributed by atoms with Crippen molar-refractivity contribution in [1.29, 1.82) is 0 Å². The van der Waals surface area contributed by atoms with Gasteiger partial charge in [-0.2, -0.15) is 0 Å². The van der Waals surface area contributed by atoms with Crippen LogP contribution < -0.4 is 4.52 Å². The Morgan fingerprint density at radius 1 is 0.605 bits per heavy atom. The zero-order valence-electron chi connectivity index (χ0n) is 21.2. The van der Waals surface area contributed by atoms with Crippen molar-refractivity contribution >= 4 is 8.60 Å². The van der Waals surface area contributed by atoms with Crippen LogP contribution in [0.25, 0.3) is 22.3 Å². The van der Waals surface area contributed by atoms with Crippen LogP contribution in [0.4, 0.5) is 0 Å². The molecule has 2 atom stereocenters. The van der Waals surface area contributed by atoms with Crippen molar-refractivity contribution in [3.63, 3.8) is 0 Å². The van der Waals surface area contributed by atoms with Crippen molar-refractivity contribution in [2.75, 3.05) is 0 Å². The molecule has 3 nitrogen and oxygen atoms in total. The van der Waals surface area contributed by atoms with E-state index < -0.39 is 14.2 Å². The minimum atomic E-state index is -1.71. The smallest absolute Gasteiger partial charge is 0.399 e. The molecule has 5 aromatic rings. The largest absolute Gasteiger partial charge is 0.425 e. The highest BCUT2D eigenvalue weighted by atomic mass is 31.2. The van der Waals surface area contributed by atoms with Gasteiger partial charge in [0.1, 0.15) is 11.9 Å². The van der Waals surface area contributed by atoms with Crippen LogP contribution in [0, 0.1) is 0 Å². The monoisotopic (exact) mass is 516 g/mol. The molecule has 1 fully saturated rings. The van der Waals surface area contributed by atoms with E-state index in [-0.39, 0.29) is 6.10 Å². The SMILES string of the molecule is CCC1OP(Oc2c(-c3ccccc3)cccc2-c2ccccc2)OC1(c1ccccc1)c1ccccc1. The summed E-state index contributed by atoms with van der Waals surface area (Å²) in [5.41, 5.74) is 5.53. The maximum Gasteiger partial charge on any atom is 0.399 e. The molecule has 0 aliphatic carbocycles. The van der Waals surface area contributed by atoms with Crippen molar-refractivity contribution in [3.05, 3.63) is 151 Å². The van der Waals surface area contributed by atoms with E-state index in [4.69, 9.17) is 13.6 Å². The normalized spacial score (nSPS) is 18.2. The van der Waals surface area contributed by atoms with Crippen LogP contribution in [-0.4, -0.2) is 6.10 Å². The van der Waals surface area contributed by atoms with Gasteiger partial charge < -0.3 is 4.52 Å². The summed E-state index contributed by atoms with van der Waals surface area (Å²) >= 11 is 0. The Labute approximate surface area is 225 Å². The second-order valence-corrected chi connectivity index (χ2v) is 10.3. The summed E-state index contributed by atoms with van der Waals surface area (Å²) in [7, 11) is -1.71. The van der Waals surface area contributed by atoms with Crippen molar-refractivity contribution in [3.8, 4) is 28.0 Å².